The summed E-state index contributed by atoms with van der Waals surface area (Å²) in [6.07, 6.45) is 0.203. The van der Waals surface area contributed by atoms with E-state index in [1.54, 1.807) is 20.8 Å². The fourth-order valence-electron chi connectivity index (χ4n) is 8.18. The molecule has 3 saturated heterocycles. The number of aliphatic hydroxyl groups excluding tert-OH is 1. The van der Waals surface area contributed by atoms with Gasteiger partial charge in [0.05, 0.1) is 35.6 Å². The Morgan fingerprint density at radius 3 is 1.20 bits per heavy atom. The van der Waals surface area contributed by atoms with Crippen molar-refractivity contribution in [2.45, 2.75) is 141 Å². The van der Waals surface area contributed by atoms with Crippen LogP contribution in [-0.2, 0) is 14.2 Å². The van der Waals surface area contributed by atoms with Gasteiger partial charge >= 0.3 is 17.1 Å². The van der Waals surface area contributed by atoms with Crippen molar-refractivity contribution in [3.63, 3.8) is 0 Å². The topological polar surface area (TPSA) is 225 Å². The van der Waals surface area contributed by atoms with E-state index in [-0.39, 0.29) is 18.1 Å². The van der Waals surface area contributed by atoms with Gasteiger partial charge in [-0.15, -0.1) is 0 Å². The Kier molecular flexibility index (Phi) is 14.0. The predicted molar refractivity (Wildman–Crippen MR) is 207 cm³/mol. The van der Waals surface area contributed by atoms with Gasteiger partial charge in [0.15, 0.2) is 0 Å². The number of nitrogens with zero attached hydrogens (tertiary/aromatic N) is 5. The van der Waals surface area contributed by atoms with E-state index in [1.807, 2.05) is 18.8 Å². The summed E-state index contributed by atoms with van der Waals surface area (Å²) < 4.78 is 106. The van der Waals surface area contributed by atoms with Crippen molar-refractivity contribution in [1.82, 2.24) is 28.7 Å². The van der Waals surface area contributed by atoms with Gasteiger partial charge in [-0.2, -0.15) is 9.97 Å². The van der Waals surface area contributed by atoms with Gasteiger partial charge in [-0.1, -0.05) is 55.4 Å². The van der Waals surface area contributed by atoms with Gasteiger partial charge in [-0.3, -0.25) is 23.5 Å². The maximum absolute atomic E-state index is 14.5. The van der Waals surface area contributed by atoms with Crippen molar-refractivity contribution in [2.75, 3.05) is 18.1 Å². The zero-order valence-corrected chi connectivity index (χ0v) is 34.6. The molecule has 0 bridgehead atoms. The maximum Gasteiger partial charge on any atom is 0.351 e. The standard InChI is InChI=1S/C13H19F2N3O2.C13H18F2N2O3.C12H17F2N3O3/c1-4-12(5-2)8(3)13(14,15)10(20-12)18-7-6-9(16)17-11(18)19;1-4-12(5-2)8(3)13(14,15)10(20-12)17-7-6-9(18)16-11(17)19;1-3-11(6-18)7(2)12(13,14)9(20-11)17-5-4-8(15)16-10(17)19/h6-8,10H,4-5H2,1-3H3,(H2,16,17,19);6-8,10H,4-5H2,1-3H3,(H,16,18,19);4-5,7,9,18H,3,6H2,1-2H3,(H2,15,16,19)/t2*8-,10-;7-,9-,11-/m111/s1. The van der Waals surface area contributed by atoms with Crippen LogP contribution >= 0.6 is 0 Å². The molecule has 3 aliphatic heterocycles. The van der Waals surface area contributed by atoms with E-state index in [9.17, 15) is 50.6 Å². The van der Waals surface area contributed by atoms with Gasteiger partial charge in [0, 0.05) is 24.7 Å². The third kappa shape index (κ3) is 8.26. The van der Waals surface area contributed by atoms with Crippen LogP contribution in [0.5, 0.6) is 0 Å². The van der Waals surface area contributed by atoms with Crippen molar-refractivity contribution < 1.29 is 45.7 Å². The van der Waals surface area contributed by atoms with Crippen molar-refractivity contribution in [1.29, 1.82) is 0 Å². The van der Waals surface area contributed by atoms with Crippen LogP contribution in [0.15, 0.2) is 56.0 Å². The number of alkyl halides is 6. The van der Waals surface area contributed by atoms with Crippen LogP contribution in [-0.4, -0.2) is 74.9 Å². The SMILES string of the molecule is CCC1(CC)O[C@@H](n2ccc(=O)[nH]c2=O)C(F)(F)[C@@H]1C.CCC1(CC)O[C@@H](n2ccc(N)nc2=O)C(F)(F)[C@@H]1C.CC[C@]1(CO)O[C@@H](n2ccc(N)nc2=O)C(F)(F)[C@@H]1C. The number of halogens is 6. The number of aliphatic hydroxyl groups is 1. The van der Waals surface area contributed by atoms with Crippen molar-refractivity contribution >= 4 is 11.6 Å². The number of hydrogen-bond donors (Lipinski definition) is 4. The lowest BCUT2D eigenvalue weighted by Crippen LogP contribution is -2.42. The molecule has 336 valence electrons. The lowest BCUT2D eigenvalue weighted by atomic mass is 9.82. The minimum Gasteiger partial charge on any atom is -0.393 e. The molecule has 6 rings (SSSR count). The Hall–Kier alpha value is -4.54. The molecule has 7 atom stereocenters. The first kappa shape index (κ1) is 48.1. The molecular weight excluding hydrogens is 810 g/mol. The minimum absolute atomic E-state index is 0.00198. The number of aromatic amines is 1. The fourth-order valence-corrected chi connectivity index (χ4v) is 8.18. The summed E-state index contributed by atoms with van der Waals surface area (Å²) in [6, 6.07) is 3.59. The van der Waals surface area contributed by atoms with Gasteiger partial charge in [0.1, 0.15) is 17.2 Å². The average Bonchev–Trinajstić information content (AvgIpc) is 3.63. The van der Waals surface area contributed by atoms with Gasteiger partial charge in [-0.05, 0) is 44.2 Å². The molecule has 0 aromatic carbocycles. The van der Waals surface area contributed by atoms with Crippen LogP contribution in [0.4, 0.5) is 38.0 Å². The van der Waals surface area contributed by atoms with Crippen LogP contribution in [0.2, 0.25) is 0 Å². The van der Waals surface area contributed by atoms with E-state index in [0.717, 1.165) is 27.6 Å². The number of nitrogens with one attached hydrogen (secondary N) is 1. The lowest BCUT2D eigenvalue weighted by Gasteiger charge is -2.30. The fraction of sp³-hybridized carbons (Fsp3) is 0.684. The van der Waals surface area contributed by atoms with Gasteiger partial charge in [-0.25, -0.2) is 40.7 Å². The smallest absolute Gasteiger partial charge is 0.351 e. The van der Waals surface area contributed by atoms with Crippen LogP contribution in [0.1, 0.15) is 106 Å². The normalized spacial score (nSPS) is 29.2. The Labute approximate surface area is 340 Å². The summed E-state index contributed by atoms with van der Waals surface area (Å²) in [6.45, 7) is 12.5. The molecule has 3 aliphatic rings. The number of ether oxygens (including phenoxy) is 3. The largest absolute Gasteiger partial charge is 0.393 e. The highest BCUT2D eigenvalue weighted by molar-refractivity contribution is 5.24. The molecule has 0 amide bonds. The summed E-state index contributed by atoms with van der Waals surface area (Å²) in [5.41, 5.74) is 4.17. The highest BCUT2D eigenvalue weighted by Crippen LogP contribution is 2.56. The molecular formula is C38H54F6N8O8. The molecule has 3 fully saturated rings. The Bertz CT molecular complexity index is 2100. The highest BCUT2D eigenvalue weighted by Gasteiger charge is 2.66. The molecule has 0 radical (unpaired) electrons. The number of hydrogen-bond acceptors (Lipinski definition) is 12. The summed E-state index contributed by atoms with van der Waals surface area (Å²) in [5, 5.41) is 9.42. The number of aromatic nitrogens is 6. The van der Waals surface area contributed by atoms with Crippen molar-refractivity contribution in [3.05, 3.63) is 78.6 Å². The van der Waals surface area contributed by atoms with Crippen molar-refractivity contribution in [2.24, 2.45) is 17.8 Å². The van der Waals surface area contributed by atoms with Gasteiger partial charge in [0.2, 0.25) is 18.7 Å². The molecule has 0 aliphatic carbocycles. The Morgan fingerprint density at radius 1 is 0.600 bits per heavy atom. The molecule has 3 aromatic heterocycles. The van der Waals surface area contributed by atoms with E-state index in [1.165, 1.54) is 39.1 Å². The molecule has 0 spiro atoms. The number of nitrogen functional groups attached to an aromatic ring is 2. The molecule has 3 aromatic rings. The van der Waals surface area contributed by atoms with E-state index in [2.05, 4.69) is 9.97 Å². The zero-order chi connectivity index (χ0) is 45.4. The first-order valence-corrected chi connectivity index (χ1v) is 19.6. The Balaban J connectivity index is 0.000000198. The first-order chi connectivity index (χ1) is 27.8. The molecule has 0 unspecified atom stereocenters. The highest BCUT2D eigenvalue weighted by atomic mass is 19.3. The first-order valence-electron chi connectivity index (χ1n) is 19.6. The molecule has 6 N–H and O–H groups in total. The molecule has 60 heavy (non-hydrogen) atoms. The molecule has 0 saturated carbocycles. The third-order valence-corrected chi connectivity index (χ3v) is 12.7. The lowest BCUT2D eigenvalue weighted by molar-refractivity contribution is -0.144. The zero-order valence-electron chi connectivity index (χ0n) is 34.6. The average molecular weight is 865 g/mol. The van der Waals surface area contributed by atoms with E-state index in [0.29, 0.717) is 30.3 Å². The second-order valence-electron chi connectivity index (χ2n) is 15.3. The van der Waals surface area contributed by atoms with E-state index in [4.69, 9.17) is 25.7 Å². The summed E-state index contributed by atoms with van der Waals surface area (Å²) in [4.78, 5) is 55.1. The van der Waals surface area contributed by atoms with Crippen LogP contribution in [0.25, 0.3) is 0 Å². The second-order valence-corrected chi connectivity index (χ2v) is 15.3. The van der Waals surface area contributed by atoms with Gasteiger partial charge in [0.25, 0.3) is 23.3 Å². The second kappa shape index (κ2) is 17.4. The Morgan fingerprint density at radius 2 is 0.917 bits per heavy atom. The number of anilines is 2. The summed E-state index contributed by atoms with van der Waals surface area (Å²) in [7, 11) is 0. The summed E-state index contributed by atoms with van der Waals surface area (Å²) >= 11 is 0. The van der Waals surface area contributed by atoms with E-state index < -0.39 is 100 Å². The number of nitrogens with two attached hydrogens (primary N) is 2. The van der Waals surface area contributed by atoms with Crippen molar-refractivity contribution in [3.8, 4) is 0 Å². The van der Waals surface area contributed by atoms with Crippen LogP contribution < -0.4 is 34.1 Å². The van der Waals surface area contributed by atoms with E-state index >= 15 is 0 Å². The molecule has 22 heteroatoms. The number of rotatable bonds is 9. The number of H-pyrrole nitrogens is 1. The predicted octanol–water partition coefficient (Wildman–Crippen LogP) is 4.85. The van der Waals surface area contributed by atoms with Crippen LogP contribution in [0.3, 0.4) is 0 Å². The van der Waals surface area contributed by atoms with Crippen LogP contribution in [0, 0.1) is 17.8 Å². The maximum atomic E-state index is 14.5. The minimum atomic E-state index is -3.31. The quantitative estimate of drug-likeness (QED) is 0.212. The third-order valence-electron chi connectivity index (χ3n) is 12.7. The molecule has 16 nitrogen and oxygen atoms in total. The monoisotopic (exact) mass is 864 g/mol. The summed E-state index contributed by atoms with van der Waals surface area (Å²) in [5.74, 6) is -12.9. The van der Waals surface area contributed by atoms with Gasteiger partial charge < -0.3 is 30.8 Å². The molecule has 6 heterocycles.